The lowest BCUT2D eigenvalue weighted by molar-refractivity contribution is 0.102. The average molecular weight is 313 g/mol. The fraction of sp³-hybridized carbons (Fsp3) is 0.353. The number of hydrogen-bond acceptors (Lipinski definition) is 5. The van der Waals surface area contributed by atoms with Crippen molar-refractivity contribution in [2.24, 2.45) is 0 Å². The molecule has 0 aliphatic rings. The molecule has 0 atom stereocenters. The van der Waals surface area contributed by atoms with E-state index in [0.717, 1.165) is 29.9 Å². The quantitative estimate of drug-likeness (QED) is 0.856. The molecule has 1 aromatic heterocycles. The van der Waals surface area contributed by atoms with Gasteiger partial charge in [0.2, 0.25) is 0 Å². The molecule has 1 aromatic carbocycles. The van der Waals surface area contributed by atoms with Crippen LogP contribution in [0.5, 0.6) is 0 Å². The van der Waals surface area contributed by atoms with E-state index < -0.39 is 0 Å². The third-order valence-corrected chi connectivity index (χ3v) is 3.41. The fourth-order valence-electron chi connectivity index (χ4n) is 2.04. The molecular weight excluding hydrogens is 290 g/mol. The van der Waals surface area contributed by atoms with Crippen molar-refractivity contribution in [1.82, 2.24) is 14.9 Å². The van der Waals surface area contributed by atoms with Gasteiger partial charge in [-0.1, -0.05) is 12.1 Å². The molecule has 23 heavy (non-hydrogen) atoms. The third-order valence-electron chi connectivity index (χ3n) is 3.41. The highest BCUT2D eigenvalue weighted by Crippen LogP contribution is 2.17. The van der Waals surface area contributed by atoms with E-state index in [9.17, 15) is 4.79 Å². The number of nitrogens with one attached hydrogen (secondary N) is 2. The molecule has 2 rings (SSSR count). The lowest BCUT2D eigenvalue weighted by Gasteiger charge is -2.12. The molecule has 0 bridgehead atoms. The second-order valence-corrected chi connectivity index (χ2v) is 5.79. The Morgan fingerprint density at radius 2 is 1.96 bits per heavy atom. The van der Waals surface area contributed by atoms with Crippen molar-refractivity contribution in [2.45, 2.75) is 13.8 Å². The van der Waals surface area contributed by atoms with Crippen molar-refractivity contribution in [3.63, 3.8) is 0 Å². The number of amides is 1. The molecular formula is C17H23N5O. The van der Waals surface area contributed by atoms with Crippen LogP contribution < -0.4 is 10.6 Å². The second-order valence-electron chi connectivity index (χ2n) is 5.79. The third kappa shape index (κ3) is 5.03. The van der Waals surface area contributed by atoms with Gasteiger partial charge in [0.15, 0.2) is 0 Å². The molecule has 0 saturated heterocycles. The summed E-state index contributed by atoms with van der Waals surface area (Å²) in [6, 6.07) is 7.61. The summed E-state index contributed by atoms with van der Waals surface area (Å²) in [5.41, 5.74) is 3.26. The van der Waals surface area contributed by atoms with Gasteiger partial charge in [-0.25, -0.2) is 9.97 Å². The van der Waals surface area contributed by atoms with E-state index in [-0.39, 0.29) is 5.91 Å². The number of carbonyl (C=O) groups is 1. The van der Waals surface area contributed by atoms with Crippen LogP contribution in [0.25, 0.3) is 0 Å². The van der Waals surface area contributed by atoms with Gasteiger partial charge in [-0.05, 0) is 45.1 Å². The maximum Gasteiger partial charge on any atom is 0.274 e. The summed E-state index contributed by atoms with van der Waals surface area (Å²) in [4.78, 5) is 22.6. The topological polar surface area (TPSA) is 70.2 Å². The van der Waals surface area contributed by atoms with Crippen molar-refractivity contribution in [3.8, 4) is 0 Å². The first-order chi connectivity index (χ1) is 11.0. The Hall–Kier alpha value is -2.47. The van der Waals surface area contributed by atoms with E-state index in [1.807, 2.05) is 46.1 Å². The van der Waals surface area contributed by atoms with Crippen LogP contribution in [0.1, 0.15) is 21.6 Å². The van der Waals surface area contributed by atoms with Gasteiger partial charge >= 0.3 is 0 Å². The van der Waals surface area contributed by atoms with Gasteiger partial charge in [0.25, 0.3) is 5.91 Å². The lowest BCUT2D eigenvalue weighted by Crippen LogP contribution is -2.21. The maximum atomic E-state index is 12.4. The Labute approximate surface area is 137 Å². The van der Waals surface area contributed by atoms with Crippen LogP contribution in [0.15, 0.2) is 30.6 Å². The summed E-state index contributed by atoms with van der Waals surface area (Å²) in [7, 11) is 4.01. The number of aryl methyl sites for hydroxylation is 2. The summed E-state index contributed by atoms with van der Waals surface area (Å²) in [5.74, 6) is 0.407. The predicted octanol–water partition coefficient (Wildman–Crippen LogP) is 2.32. The van der Waals surface area contributed by atoms with E-state index in [4.69, 9.17) is 0 Å². The molecule has 0 aliphatic carbocycles. The number of aromatic nitrogens is 2. The van der Waals surface area contributed by atoms with Crippen molar-refractivity contribution < 1.29 is 4.79 Å². The Balaban J connectivity index is 2.06. The first-order valence-corrected chi connectivity index (χ1v) is 7.55. The molecule has 0 radical (unpaired) electrons. The van der Waals surface area contributed by atoms with E-state index >= 15 is 0 Å². The number of rotatable bonds is 6. The Morgan fingerprint density at radius 3 is 2.70 bits per heavy atom. The summed E-state index contributed by atoms with van der Waals surface area (Å²) < 4.78 is 0. The smallest absolute Gasteiger partial charge is 0.274 e. The molecule has 1 amide bonds. The average Bonchev–Trinajstić information content (AvgIpc) is 2.51. The Kier molecular flexibility index (Phi) is 5.65. The van der Waals surface area contributed by atoms with Crippen LogP contribution in [-0.4, -0.2) is 48.0 Å². The highest BCUT2D eigenvalue weighted by atomic mass is 16.1. The number of hydrogen-bond donors (Lipinski definition) is 2. The molecule has 1 heterocycles. The normalized spacial score (nSPS) is 10.7. The summed E-state index contributed by atoms with van der Waals surface area (Å²) >= 11 is 0. The van der Waals surface area contributed by atoms with Crippen LogP contribution in [0, 0.1) is 13.8 Å². The van der Waals surface area contributed by atoms with Crippen molar-refractivity contribution >= 4 is 17.4 Å². The zero-order valence-corrected chi connectivity index (χ0v) is 14.1. The second kappa shape index (κ2) is 7.69. The Morgan fingerprint density at radius 1 is 1.17 bits per heavy atom. The minimum atomic E-state index is -0.239. The predicted molar refractivity (Wildman–Crippen MR) is 92.9 cm³/mol. The summed E-state index contributed by atoms with van der Waals surface area (Å²) in [6.07, 6.45) is 1.40. The van der Waals surface area contributed by atoms with Crippen LogP contribution >= 0.6 is 0 Å². The molecule has 6 heteroatoms. The lowest BCUT2D eigenvalue weighted by atomic mass is 10.1. The first-order valence-electron chi connectivity index (χ1n) is 7.55. The van der Waals surface area contributed by atoms with E-state index in [2.05, 4.69) is 25.5 Å². The van der Waals surface area contributed by atoms with Gasteiger partial charge in [-0.2, -0.15) is 0 Å². The van der Waals surface area contributed by atoms with Crippen LogP contribution in [0.4, 0.5) is 11.5 Å². The molecule has 2 aromatic rings. The van der Waals surface area contributed by atoms with Gasteiger partial charge in [-0.3, -0.25) is 4.79 Å². The minimum absolute atomic E-state index is 0.239. The van der Waals surface area contributed by atoms with Gasteiger partial charge in [0, 0.05) is 24.8 Å². The zero-order chi connectivity index (χ0) is 16.8. The molecule has 0 aliphatic heterocycles. The highest BCUT2D eigenvalue weighted by molar-refractivity contribution is 6.03. The zero-order valence-electron chi connectivity index (χ0n) is 14.1. The van der Waals surface area contributed by atoms with Gasteiger partial charge in [0.1, 0.15) is 17.8 Å². The van der Waals surface area contributed by atoms with Crippen molar-refractivity contribution in [1.29, 1.82) is 0 Å². The molecule has 0 fully saturated rings. The molecule has 0 spiro atoms. The SMILES string of the molecule is Cc1ccc(C)c(NC(=O)c2cc(NCCN(C)C)ncn2)c1. The molecule has 0 unspecified atom stereocenters. The number of nitrogens with zero attached hydrogens (tertiary/aromatic N) is 3. The monoisotopic (exact) mass is 313 g/mol. The Bertz CT molecular complexity index is 684. The summed E-state index contributed by atoms with van der Waals surface area (Å²) in [5, 5.41) is 6.09. The van der Waals surface area contributed by atoms with E-state index in [1.54, 1.807) is 6.07 Å². The fourth-order valence-corrected chi connectivity index (χ4v) is 2.04. The standard InChI is InChI=1S/C17H23N5O/c1-12-5-6-13(2)14(9-12)21-17(23)15-10-16(20-11-19-15)18-7-8-22(3)4/h5-6,9-11H,7-8H2,1-4H3,(H,21,23)(H,18,19,20). The largest absolute Gasteiger partial charge is 0.369 e. The summed E-state index contributed by atoms with van der Waals surface area (Å²) in [6.45, 7) is 5.59. The number of anilines is 2. The highest BCUT2D eigenvalue weighted by Gasteiger charge is 2.10. The van der Waals surface area contributed by atoms with Crippen LogP contribution in [0.2, 0.25) is 0 Å². The number of carbonyl (C=O) groups excluding carboxylic acids is 1. The number of benzene rings is 1. The minimum Gasteiger partial charge on any atom is -0.369 e. The van der Waals surface area contributed by atoms with Gasteiger partial charge < -0.3 is 15.5 Å². The van der Waals surface area contributed by atoms with E-state index in [1.165, 1.54) is 6.33 Å². The van der Waals surface area contributed by atoms with E-state index in [0.29, 0.717) is 11.5 Å². The van der Waals surface area contributed by atoms with Crippen molar-refractivity contribution in [2.75, 3.05) is 37.8 Å². The van der Waals surface area contributed by atoms with Gasteiger partial charge in [-0.15, -0.1) is 0 Å². The van der Waals surface area contributed by atoms with Gasteiger partial charge in [0.05, 0.1) is 0 Å². The number of likely N-dealkylation sites (N-methyl/N-ethyl adjacent to an activating group) is 1. The van der Waals surface area contributed by atoms with Crippen molar-refractivity contribution in [3.05, 3.63) is 47.4 Å². The molecule has 2 N–H and O–H groups in total. The van der Waals surface area contributed by atoms with Crippen LogP contribution in [0.3, 0.4) is 0 Å². The molecule has 122 valence electrons. The first kappa shape index (κ1) is 16.9. The molecule has 6 nitrogen and oxygen atoms in total. The maximum absolute atomic E-state index is 12.4. The van der Waals surface area contributed by atoms with Crippen LogP contribution in [-0.2, 0) is 0 Å². The molecule has 0 saturated carbocycles.